The van der Waals surface area contributed by atoms with Crippen LogP contribution < -0.4 is 11.4 Å². The van der Waals surface area contributed by atoms with Gasteiger partial charge in [-0.1, -0.05) is 22.5 Å². The summed E-state index contributed by atoms with van der Waals surface area (Å²) in [5.74, 6) is 0.0878. The van der Waals surface area contributed by atoms with Crippen LogP contribution in [0.5, 0.6) is 0 Å². The van der Waals surface area contributed by atoms with E-state index in [-0.39, 0.29) is 18.0 Å². The molecular weight excluding hydrogens is 330 g/mol. The molecule has 7 nitrogen and oxygen atoms in total. The Hall–Kier alpha value is -1.48. The van der Waals surface area contributed by atoms with Crippen molar-refractivity contribution >= 4 is 27.8 Å². The number of anilines is 1. The van der Waals surface area contributed by atoms with Crippen molar-refractivity contribution in [2.24, 2.45) is 0 Å². The van der Waals surface area contributed by atoms with E-state index in [9.17, 15) is 9.90 Å². The molecule has 2 heterocycles. The average Bonchev–Trinajstić information content (AvgIpc) is 2.70. The molecule has 20 heavy (non-hydrogen) atoms. The van der Waals surface area contributed by atoms with Crippen molar-refractivity contribution in [1.82, 2.24) is 9.55 Å². The van der Waals surface area contributed by atoms with Crippen LogP contribution in [0.15, 0.2) is 28.1 Å². The zero-order valence-electron chi connectivity index (χ0n) is 10.4. The fourth-order valence-electron chi connectivity index (χ4n) is 1.96. The third-order valence-electron chi connectivity index (χ3n) is 3.04. The molecule has 4 N–H and O–H groups in total. The minimum atomic E-state index is -1.04. The van der Waals surface area contributed by atoms with Crippen molar-refractivity contribution in [3.05, 3.63) is 39.4 Å². The lowest BCUT2D eigenvalue weighted by molar-refractivity contribution is -0.0447. The number of nitrogens with two attached hydrogens (primary N) is 1. The molecule has 108 valence electrons. The number of hydrogen-bond acceptors (Lipinski definition) is 6. The lowest BCUT2D eigenvalue weighted by atomic mass is 10.1. The van der Waals surface area contributed by atoms with E-state index in [2.05, 4.69) is 27.5 Å². The van der Waals surface area contributed by atoms with E-state index in [1.54, 1.807) is 11.1 Å². The molecule has 0 unspecified atom stereocenters. The first-order valence-electron chi connectivity index (χ1n) is 5.78. The molecule has 1 saturated heterocycles. The Labute approximate surface area is 123 Å². The van der Waals surface area contributed by atoms with Crippen LogP contribution in [0, 0.1) is 0 Å². The summed E-state index contributed by atoms with van der Waals surface area (Å²) < 4.78 is 6.60. The van der Waals surface area contributed by atoms with Crippen molar-refractivity contribution in [2.75, 3.05) is 12.3 Å². The maximum Gasteiger partial charge on any atom is 0.351 e. The second-order valence-corrected chi connectivity index (χ2v) is 4.82. The van der Waals surface area contributed by atoms with E-state index < -0.39 is 24.1 Å². The fourth-order valence-corrected chi connectivity index (χ4v) is 2.24. The second kappa shape index (κ2) is 5.88. The molecule has 1 aliphatic heterocycles. The SMILES string of the molecule is C=C1[C@H](n2cc(/C=C/Br)c(N)nc2=O)O[C@H](CO)[C@H]1O. The van der Waals surface area contributed by atoms with Crippen LogP contribution >= 0.6 is 15.9 Å². The third kappa shape index (κ3) is 2.55. The molecule has 0 aromatic carbocycles. The van der Waals surface area contributed by atoms with Gasteiger partial charge in [0.25, 0.3) is 0 Å². The van der Waals surface area contributed by atoms with Gasteiger partial charge in [0.15, 0.2) is 6.23 Å². The van der Waals surface area contributed by atoms with Crippen molar-refractivity contribution < 1.29 is 14.9 Å². The van der Waals surface area contributed by atoms with Crippen molar-refractivity contribution in [3.63, 3.8) is 0 Å². The van der Waals surface area contributed by atoms with Crippen LogP contribution in [0.3, 0.4) is 0 Å². The average molecular weight is 344 g/mol. The number of hydrogen-bond donors (Lipinski definition) is 3. The quantitative estimate of drug-likeness (QED) is 0.666. The molecule has 0 bridgehead atoms. The van der Waals surface area contributed by atoms with Gasteiger partial charge in [-0.3, -0.25) is 4.57 Å². The lowest BCUT2D eigenvalue weighted by Crippen LogP contribution is -2.29. The molecule has 0 radical (unpaired) electrons. The molecule has 1 aromatic heterocycles. The molecule has 3 atom stereocenters. The first kappa shape index (κ1) is 14.9. The Morgan fingerprint density at radius 1 is 1.65 bits per heavy atom. The number of aromatic nitrogens is 2. The zero-order valence-corrected chi connectivity index (χ0v) is 12.0. The highest BCUT2D eigenvalue weighted by Crippen LogP contribution is 2.32. The van der Waals surface area contributed by atoms with E-state index in [0.29, 0.717) is 5.56 Å². The molecule has 2 rings (SSSR count). The van der Waals surface area contributed by atoms with Crippen LogP contribution in [0.2, 0.25) is 0 Å². The van der Waals surface area contributed by atoms with Crippen LogP contribution in [-0.4, -0.2) is 38.6 Å². The predicted molar refractivity (Wildman–Crippen MR) is 77.0 cm³/mol. The number of nitrogens with zero attached hydrogens (tertiary/aromatic N) is 2. The maximum absolute atomic E-state index is 11.9. The second-order valence-electron chi connectivity index (χ2n) is 4.29. The van der Waals surface area contributed by atoms with Gasteiger partial charge in [0, 0.05) is 17.3 Å². The normalized spacial score (nSPS) is 26.6. The summed E-state index contributed by atoms with van der Waals surface area (Å²) in [5.41, 5.74) is 5.82. The largest absolute Gasteiger partial charge is 0.394 e. The molecule has 8 heteroatoms. The van der Waals surface area contributed by atoms with Gasteiger partial charge in [0.1, 0.15) is 18.0 Å². The summed E-state index contributed by atoms with van der Waals surface area (Å²) in [7, 11) is 0. The van der Waals surface area contributed by atoms with Crippen LogP contribution in [0.25, 0.3) is 6.08 Å². The molecular formula is C12H14BrN3O4. The van der Waals surface area contributed by atoms with Crippen molar-refractivity contribution in [2.45, 2.75) is 18.4 Å². The van der Waals surface area contributed by atoms with E-state index >= 15 is 0 Å². The standard InChI is InChI=1S/C12H14BrN3O4/c1-6-9(18)8(5-17)20-11(6)16-4-7(2-3-13)10(14)15-12(16)19/h2-4,8-9,11,17-18H,1,5H2,(H2,14,15,19)/b3-2+/t8-,9+,11-/m1/s1. The molecule has 0 saturated carbocycles. The number of aliphatic hydroxyl groups excluding tert-OH is 2. The molecule has 0 spiro atoms. The Bertz CT molecular complexity index is 613. The maximum atomic E-state index is 11.9. The first-order valence-corrected chi connectivity index (χ1v) is 6.69. The van der Waals surface area contributed by atoms with E-state index in [1.165, 1.54) is 10.8 Å². The number of rotatable bonds is 3. The third-order valence-corrected chi connectivity index (χ3v) is 3.30. The topological polar surface area (TPSA) is 111 Å². The Kier molecular flexibility index (Phi) is 4.39. The monoisotopic (exact) mass is 343 g/mol. The summed E-state index contributed by atoms with van der Waals surface area (Å²) in [4.78, 5) is 17.2. The van der Waals surface area contributed by atoms with Gasteiger partial charge in [0.2, 0.25) is 0 Å². The number of nitrogen functional groups attached to an aromatic ring is 1. The molecule has 1 fully saturated rings. The minimum Gasteiger partial charge on any atom is -0.394 e. The number of ether oxygens (including phenoxy) is 1. The van der Waals surface area contributed by atoms with Gasteiger partial charge in [-0.2, -0.15) is 4.98 Å². The Morgan fingerprint density at radius 3 is 2.90 bits per heavy atom. The van der Waals surface area contributed by atoms with Gasteiger partial charge in [-0.25, -0.2) is 4.79 Å². The molecule has 0 amide bonds. The fraction of sp³-hybridized carbons (Fsp3) is 0.333. The summed E-state index contributed by atoms with van der Waals surface area (Å²) in [6.45, 7) is 3.33. The van der Waals surface area contributed by atoms with Crippen LogP contribution in [-0.2, 0) is 4.74 Å². The molecule has 1 aliphatic rings. The van der Waals surface area contributed by atoms with Crippen LogP contribution in [0.4, 0.5) is 5.82 Å². The Balaban J connectivity index is 2.46. The van der Waals surface area contributed by atoms with Gasteiger partial charge in [0.05, 0.1) is 6.61 Å². The highest BCUT2D eigenvalue weighted by Gasteiger charge is 2.38. The van der Waals surface area contributed by atoms with Gasteiger partial charge in [-0.15, -0.1) is 0 Å². The molecule has 0 aliphatic carbocycles. The van der Waals surface area contributed by atoms with Crippen molar-refractivity contribution in [3.8, 4) is 0 Å². The van der Waals surface area contributed by atoms with Gasteiger partial charge >= 0.3 is 5.69 Å². The number of aliphatic hydroxyl groups is 2. The van der Waals surface area contributed by atoms with Crippen LogP contribution in [0.1, 0.15) is 11.8 Å². The highest BCUT2D eigenvalue weighted by atomic mass is 79.9. The van der Waals surface area contributed by atoms with E-state index in [4.69, 9.17) is 15.6 Å². The smallest absolute Gasteiger partial charge is 0.351 e. The van der Waals surface area contributed by atoms with Gasteiger partial charge < -0.3 is 20.7 Å². The highest BCUT2D eigenvalue weighted by molar-refractivity contribution is 9.11. The zero-order chi connectivity index (χ0) is 14.9. The van der Waals surface area contributed by atoms with Gasteiger partial charge in [-0.05, 0) is 11.1 Å². The molecule has 1 aromatic rings. The van der Waals surface area contributed by atoms with E-state index in [0.717, 1.165) is 0 Å². The van der Waals surface area contributed by atoms with Crippen molar-refractivity contribution in [1.29, 1.82) is 0 Å². The Morgan fingerprint density at radius 2 is 2.35 bits per heavy atom. The first-order chi connectivity index (χ1) is 9.49. The number of halogens is 1. The summed E-state index contributed by atoms with van der Waals surface area (Å²) >= 11 is 3.12. The minimum absolute atomic E-state index is 0.0878. The summed E-state index contributed by atoms with van der Waals surface area (Å²) in [6.07, 6.45) is 0.350. The lowest BCUT2D eigenvalue weighted by Gasteiger charge is -2.15. The summed E-state index contributed by atoms with van der Waals surface area (Å²) in [5, 5.41) is 18.9. The van der Waals surface area contributed by atoms with E-state index in [1.807, 2.05) is 0 Å². The predicted octanol–water partition coefficient (Wildman–Crippen LogP) is -0.00210. The summed E-state index contributed by atoms with van der Waals surface area (Å²) in [6, 6.07) is 0.